The Morgan fingerprint density at radius 3 is 0.278 bits per heavy atom. The van der Waals surface area contributed by atoms with Crippen molar-refractivity contribution in [3.05, 3.63) is 0 Å². The van der Waals surface area contributed by atoms with Gasteiger partial charge in [-0.05, 0) is 0 Å². The van der Waals surface area contributed by atoms with Crippen LogP contribution in [0.25, 0.3) is 0 Å². The van der Waals surface area contributed by atoms with E-state index in [0.29, 0.717) is 0 Å². The van der Waals surface area contributed by atoms with Crippen LogP contribution in [-0.4, -0.2) is 75.5 Å². The van der Waals surface area contributed by atoms with Gasteiger partial charge in [0.2, 0.25) is 0 Å². The van der Waals surface area contributed by atoms with Gasteiger partial charge >= 0.3 is 75.5 Å². The average molecular weight is 780 g/mol. The van der Waals surface area contributed by atoms with Crippen molar-refractivity contribution in [1.82, 2.24) is 0 Å². The first kappa shape index (κ1) is 38.5. The molecule has 0 N–H and O–H groups in total. The number of rotatable bonds is 0. The summed E-state index contributed by atoms with van der Waals surface area (Å²) in [5, 5.41) is 0. The average Bonchev–Trinajstić information content (AvgIpc) is 1.76. The van der Waals surface area contributed by atoms with Crippen LogP contribution in [-0.2, 0) is 0 Å². The summed E-state index contributed by atoms with van der Waals surface area (Å²) < 4.78 is 103. The quantitative estimate of drug-likeness (QED) is 0.164. The van der Waals surface area contributed by atoms with Crippen LogP contribution in [0.5, 0.6) is 0 Å². The Labute approximate surface area is 196 Å². The first-order valence-electron chi connectivity index (χ1n) is 1.85. The van der Waals surface area contributed by atoms with E-state index in [9.17, 15) is 0 Å². The van der Waals surface area contributed by atoms with Gasteiger partial charge in [-0.1, -0.05) is 0 Å². The minimum atomic E-state index is -4.01. The van der Waals surface area contributed by atoms with E-state index in [1.54, 1.807) is 0 Å². The molecule has 0 aromatic rings. The van der Waals surface area contributed by atoms with Crippen LogP contribution in [0, 0.1) is 0 Å². The molecule has 0 aliphatic heterocycles. The Bertz CT molecular complexity index is 65.1. The van der Waals surface area contributed by atoms with E-state index in [1.807, 2.05) is 0 Å². The summed E-state index contributed by atoms with van der Waals surface area (Å²) in [7, 11) is 0. The molecule has 0 atom stereocenters. The number of halogens is 4. The molecule has 18 heavy (non-hydrogen) atoms. The van der Waals surface area contributed by atoms with Crippen molar-refractivity contribution in [2.75, 3.05) is 0 Å². The molecule has 12 nitrogen and oxygen atoms in total. The van der Waals surface area contributed by atoms with Gasteiger partial charge in [0.05, 0.1) is 0 Å². The van der Waals surface area contributed by atoms with Gasteiger partial charge in [0, 0.05) is 0 Å². The van der Waals surface area contributed by atoms with Crippen molar-refractivity contribution in [3.8, 4) is 0 Å². The SMILES string of the molecule is [Ca+2].[Ca+2].[O-][I+2]([O-])[O-].[O-][I+2]([O-])[O-].[O-][I+2]([O-])[O-].[O-][I+2]([O-])[O-]. The van der Waals surface area contributed by atoms with Gasteiger partial charge in [0.25, 0.3) is 84.3 Å². The molecule has 0 rings (SSSR count). The van der Waals surface area contributed by atoms with E-state index < -0.39 is 84.3 Å². The molecular weight excluding hydrogens is 780 g/mol. The molecule has 0 spiro atoms. The van der Waals surface area contributed by atoms with Crippen LogP contribution in [0.3, 0.4) is 0 Å². The molecule has 18 heteroatoms. The van der Waals surface area contributed by atoms with E-state index in [2.05, 4.69) is 0 Å². The van der Waals surface area contributed by atoms with Gasteiger partial charge in [-0.25, -0.2) is 0 Å². The fourth-order valence-corrected chi connectivity index (χ4v) is 0. The Morgan fingerprint density at radius 2 is 0.278 bits per heavy atom. The van der Waals surface area contributed by atoms with Gasteiger partial charge in [0.1, 0.15) is 0 Å². The van der Waals surface area contributed by atoms with Crippen molar-refractivity contribution >= 4 is 75.5 Å². The Kier molecular flexibility index (Phi) is 71.7. The largest absolute Gasteiger partial charge is 2.00 e. The summed E-state index contributed by atoms with van der Waals surface area (Å²) in [5.74, 6) is 0. The van der Waals surface area contributed by atoms with Crippen LogP contribution >= 0.6 is 0 Å². The second-order valence-electron chi connectivity index (χ2n) is 0.756. The van der Waals surface area contributed by atoms with E-state index in [1.165, 1.54) is 0 Å². The molecule has 0 saturated heterocycles. The van der Waals surface area contributed by atoms with E-state index >= 15 is 0 Å². The smallest absolute Gasteiger partial charge is 0.427 e. The molecule has 0 bridgehead atoms. The fourth-order valence-electron chi connectivity index (χ4n) is 0. The van der Waals surface area contributed by atoms with Gasteiger partial charge in [-0.3, -0.25) is 0 Å². The maximum atomic E-state index is 8.57. The van der Waals surface area contributed by atoms with Crippen LogP contribution < -0.4 is 125 Å². The first-order valence-corrected chi connectivity index (χ1v) is 12.4. The third-order valence-corrected chi connectivity index (χ3v) is 0. The van der Waals surface area contributed by atoms with Crippen LogP contribution in [0.1, 0.15) is 0 Å². The van der Waals surface area contributed by atoms with Crippen molar-refractivity contribution < 1.29 is 125 Å². The third kappa shape index (κ3) is 339. The fraction of sp³-hybridized carbons (Fsp3) is 0. The van der Waals surface area contributed by atoms with Gasteiger partial charge < -0.3 is 41.2 Å². The minimum absolute atomic E-state index is 0. The maximum absolute atomic E-state index is 8.57. The zero-order valence-electron chi connectivity index (χ0n) is 7.83. The van der Waals surface area contributed by atoms with Gasteiger partial charge in [0.15, 0.2) is 0 Å². The van der Waals surface area contributed by atoms with Gasteiger partial charge in [-0.2, -0.15) is 0 Å². The molecule has 0 aliphatic carbocycles. The Hall–Kier alpha value is 4.96. The summed E-state index contributed by atoms with van der Waals surface area (Å²) in [5.41, 5.74) is 0. The van der Waals surface area contributed by atoms with Crippen molar-refractivity contribution in [3.63, 3.8) is 0 Å². The summed E-state index contributed by atoms with van der Waals surface area (Å²) in [6.07, 6.45) is 0. The molecule has 0 amide bonds. The predicted molar refractivity (Wildman–Crippen MR) is 11.5 cm³/mol. The summed E-state index contributed by atoms with van der Waals surface area (Å²) in [6, 6.07) is 0. The molecule has 0 unspecified atom stereocenters. The Balaban J connectivity index is -0.0000000257. The summed E-state index contributed by atoms with van der Waals surface area (Å²) in [4.78, 5) is 0. The Morgan fingerprint density at radius 1 is 0.278 bits per heavy atom. The molecule has 0 radical (unpaired) electrons. The van der Waals surface area contributed by atoms with Crippen LogP contribution in [0.2, 0.25) is 0 Å². The molecule has 0 aromatic heterocycles. The van der Waals surface area contributed by atoms with Crippen LogP contribution in [0.15, 0.2) is 0 Å². The van der Waals surface area contributed by atoms with E-state index in [0.717, 1.165) is 0 Å². The molecule has 104 valence electrons. The molecule has 0 aliphatic rings. The molecule has 0 heterocycles. The van der Waals surface area contributed by atoms with Crippen molar-refractivity contribution in [1.29, 1.82) is 0 Å². The second-order valence-corrected chi connectivity index (χ2v) is 5.07. The first-order chi connectivity index (χ1) is 6.93. The monoisotopic (exact) mass is 779 g/mol. The third-order valence-electron chi connectivity index (χ3n) is 0. The van der Waals surface area contributed by atoms with E-state index in [4.69, 9.17) is 41.2 Å². The topological polar surface area (TPSA) is 277 Å². The summed E-state index contributed by atoms with van der Waals surface area (Å²) in [6.45, 7) is 0. The van der Waals surface area contributed by atoms with Gasteiger partial charge in [-0.15, -0.1) is 0 Å². The second kappa shape index (κ2) is 33.5. The number of hydrogen-bond acceptors (Lipinski definition) is 12. The minimum Gasteiger partial charge on any atom is -0.427 e. The molecular formula is Ca2I4O12. The predicted octanol–water partition coefficient (Wildman–Crippen LogP) is -27.0. The molecule has 0 aromatic carbocycles. The van der Waals surface area contributed by atoms with Crippen molar-refractivity contribution in [2.45, 2.75) is 0 Å². The standard InChI is InChI=1S/2Ca.4IO3/c;;4*2-1(3)4/q2*+2;4*-1. The zero-order valence-corrected chi connectivity index (χ0v) is 20.9. The molecule has 0 fully saturated rings. The van der Waals surface area contributed by atoms with E-state index in [-0.39, 0.29) is 75.5 Å². The van der Waals surface area contributed by atoms with Crippen LogP contribution in [0.4, 0.5) is 0 Å². The normalized spacial score (nSPS) is 8.00. The maximum Gasteiger partial charge on any atom is 2.00 e. The van der Waals surface area contributed by atoms with Crippen molar-refractivity contribution in [2.24, 2.45) is 0 Å². The number of hydrogen-bond donors (Lipinski definition) is 0. The summed E-state index contributed by atoms with van der Waals surface area (Å²) >= 11 is -16.1. The zero-order chi connectivity index (χ0) is 14.3. The molecule has 0 saturated carbocycles.